The van der Waals surface area contributed by atoms with E-state index < -0.39 is 0 Å². The van der Waals surface area contributed by atoms with Crippen LogP contribution in [0.2, 0.25) is 0 Å². The van der Waals surface area contributed by atoms with Gasteiger partial charge in [0.25, 0.3) is 0 Å². The van der Waals surface area contributed by atoms with E-state index in [9.17, 15) is 0 Å². The van der Waals surface area contributed by atoms with E-state index in [-0.39, 0.29) is 0 Å². The van der Waals surface area contributed by atoms with Crippen molar-refractivity contribution in [3.8, 4) is 5.75 Å². The van der Waals surface area contributed by atoms with Crippen molar-refractivity contribution in [1.29, 1.82) is 0 Å². The smallest absolute Gasteiger partial charge is 0.141 e. The first kappa shape index (κ1) is 9.93. The Bertz CT molecular complexity index is 286. The highest BCUT2D eigenvalue weighted by atomic mass is 35.5. The van der Waals surface area contributed by atoms with Crippen LogP contribution < -0.4 is 10.1 Å². The summed E-state index contributed by atoms with van der Waals surface area (Å²) in [6.07, 6.45) is 1.83. The summed E-state index contributed by atoms with van der Waals surface area (Å²) < 4.78 is 5.16. The summed E-state index contributed by atoms with van der Waals surface area (Å²) >= 11 is 5.39. The molecule has 2 nitrogen and oxygen atoms in total. The van der Waals surface area contributed by atoms with Crippen LogP contribution in [-0.2, 0) is 0 Å². The average Bonchev–Trinajstić information content (AvgIpc) is 2.19. The minimum atomic E-state index is 0.698. The normalized spacial score (nSPS) is 10.3. The Balaban J connectivity index is 2.64. The third-order valence-corrected chi connectivity index (χ3v) is 1.78. The topological polar surface area (TPSA) is 21.3 Å². The summed E-state index contributed by atoms with van der Waals surface area (Å²) in [6, 6.07) is 7.75. The van der Waals surface area contributed by atoms with E-state index in [2.05, 4.69) is 5.32 Å². The lowest BCUT2D eigenvalue weighted by Gasteiger charge is -2.08. The highest BCUT2D eigenvalue weighted by molar-refractivity contribution is 6.25. The molecule has 0 atom stereocenters. The molecule has 0 unspecified atom stereocenters. The summed E-state index contributed by atoms with van der Waals surface area (Å²) in [5.41, 5.74) is 2.46. The number of nitrogens with one attached hydrogen (secondary N) is 1. The summed E-state index contributed by atoms with van der Waals surface area (Å²) in [6.45, 7) is 0.698. The lowest BCUT2D eigenvalue weighted by molar-refractivity contribution is 0.416. The second-order valence-electron chi connectivity index (χ2n) is 2.44. The second-order valence-corrected chi connectivity index (χ2v) is 2.69. The van der Waals surface area contributed by atoms with Gasteiger partial charge >= 0.3 is 0 Å². The van der Waals surface area contributed by atoms with E-state index in [1.54, 1.807) is 7.11 Å². The molecule has 0 saturated carbocycles. The molecule has 0 heterocycles. The molecule has 0 saturated heterocycles. The van der Waals surface area contributed by atoms with Crippen LogP contribution in [0.5, 0.6) is 5.75 Å². The number of benzene rings is 1. The van der Waals surface area contributed by atoms with Crippen molar-refractivity contribution in [3.05, 3.63) is 35.9 Å². The van der Waals surface area contributed by atoms with E-state index in [1.165, 1.54) is 5.54 Å². The summed E-state index contributed by atoms with van der Waals surface area (Å²) in [5.74, 6) is 0.838. The average molecular weight is 198 g/mol. The molecule has 0 aliphatic carbocycles. The highest BCUT2D eigenvalue weighted by Crippen LogP contribution is 2.22. The molecule has 70 valence electrons. The predicted molar refractivity (Wildman–Crippen MR) is 56.5 cm³/mol. The van der Waals surface area contributed by atoms with Crippen molar-refractivity contribution < 1.29 is 4.74 Å². The molecule has 1 aromatic carbocycles. The van der Waals surface area contributed by atoms with E-state index in [1.807, 2.05) is 30.3 Å². The molecule has 1 N–H and O–H groups in total. The minimum Gasteiger partial charge on any atom is -0.495 e. The van der Waals surface area contributed by atoms with Crippen molar-refractivity contribution in [2.45, 2.75) is 0 Å². The van der Waals surface area contributed by atoms with Gasteiger partial charge in [-0.25, -0.2) is 0 Å². The molecule has 0 aliphatic heterocycles. The van der Waals surface area contributed by atoms with Gasteiger partial charge in [0.15, 0.2) is 0 Å². The number of halogens is 1. The molecule has 1 rings (SSSR count). The molecule has 0 bridgehead atoms. The van der Waals surface area contributed by atoms with Gasteiger partial charge in [0.05, 0.1) is 12.8 Å². The molecular formula is C10H12ClNO. The summed E-state index contributed by atoms with van der Waals surface area (Å²) in [7, 11) is 1.65. The van der Waals surface area contributed by atoms with Gasteiger partial charge in [-0.3, -0.25) is 0 Å². The van der Waals surface area contributed by atoms with Crippen molar-refractivity contribution in [2.75, 3.05) is 19.0 Å². The quantitative estimate of drug-likeness (QED) is 0.802. The molecule has 3 heteroatoms. The van der Waals surface area contributed by atoms with Gasteiger partial charge in [-0.1, -0.05) is 29.8 Å². The number of anilines is 1. The predicted octanol–water partition coefficient (Wildman–Crippen LogP) is 2.86. The first-order valence-electron chi connectivity index (χ1n) is 4.00. The largest absolute Gasteiger partial charge is 0.495 e. The van der Waals surface area contributed by atoms with Crippen LogP contribution in [0.15, 0.2) is 35.9 Å². The Morgan fingerprint density at radius 3 is 2.92 bits per heavy atom. The zero-order chi connectivity index (χ0) is 9.52. The number of para-hydroxylation sites is 2. The van der Waals surface area contributed by atoms with Crippen LogP contribution in [-0.4, -0.2) is 13.7 Å². The Hall–Kier alpha value is -1.15. The first-order valence-corrected chi connectivity index (χ1v) is 4.44. The summed E-state index contributed by atoms with van der Waals surface area (Å²) in [4.78, 5) is 0. The summed E-state index contributed by atoms with van der Waals surface area (Å²) in [5, 5.41) is 3.17. The standard InChI is InChI=1S/C10H12ClNO/c1-13-10-6-3-2-5-9(10)12-8-4-7-11/h2-7,12H,8H2,1H3/b7-4+. The van der Waals surface area contributed by atoms with Crippen molar-refractivity contribution >= 4 is 17.3 Å². The minimum absolute atomic E-state index is 0.698. The van der Waals surface area contributed by atoms with Crippen LogP contribution in [0.25, 0.3) is 0 Å². The number of hydrogen-bond acceptors (Lipinski definition) is 2. The molecule has 0 radical (unpaired) electrons. The zero-order valence-electron chi connectivity index (χ0n) is 7.46. The van der Waals surface area contributed by atoms with Gasteiger partial charge in [-0.2, -0.15) is 0 Å². The molecule has 0 fully saturated rings. The number of ether oxygens (including phenoxy) is 1. The number of methoxy groups -OCH3 is 1. The van der Waals surface area contributed by atoms with Gasteiger partial charge in [-0.15, -0.1) is 0 Å². The third kappa shape index (κ3) is 2.99. The first-order chi connectivity index (χ1) is 6.38. The van der Waals surface area contributed by atoms with Crippen LogP contribution in [0, 0.1) is 0 Å². The van der Waals surface area contributed by atoms with Gasteiger partial charge < -0.3 is 10.1 Å². The van der Waals surface area contributed by atoms with Crippen LogP contribution >= 0.6 is 11.6 Å². The maximum absolute atomic E-state index is 5.39. The van der Waals surface area contributed by atoms with E-state index in [4.69, 9.17) is 16.3 Å². The second kappa shape index (κ2) is 5.49. The number of hydrogen-bond donors (Lipinski definition) is 1. The van der Waals surface area contributed by atoms with E-state index >= 15 is 0 Å². The van der Waals surface area contributed by atoms with Gasteiger partial charge in [-0.05, 0) is 12.1 Å². The van der Waals surface area contributed by atoms with Crippen LogP contribution in [0.3, 0.4) is 0 Å². The fraction of sp³-hybridized carbons (Fsp3) is 0.200. The zero-order valence-corrected chi connectivity index (χ0v) is 8.21. The Labute approximate surface area is 83.2 Å². The Morgan fingerprint density at radius 2 is 2.23 bits per heavy atom. The number of rotatable bonds is 4. The molecule has 0 aromatic heterocycles. The SMILES string of the molecule is COc1ccccc1NC/C=C/Cl. The van der Waals surface area contributed by atoms with Crippen LogP contribution in [0.4, 0.5) is 5.69 Å². The molecule has 0 aliphatic rings. The van der Waals surface area contributed by atoms with Gasteiger partial charge in [0.1, 0.15) is 5.75 Å². The maximum atomic E-state index is 5.39. The van der Waals surface area contributed by atoms with Crippen molar-refractivity contribution in [3.63, 3.8) is 0 Å². The monoisotopic (exact) mass is 197 g/mol. The molecule has 0 amide bonds. The lowest BCUT2D eigenvalue weighted by atomic mass is 10.3. The van der Waals surface area contributed by atoms with Crippen LogP contribution in [0.1, 0.15) is 0 Å². The van der Waals surface area contributed by atoms with E-state index in [0.717, 1.165) is 11.4 Å². The van der Waals surface area contributed by atoms with Crippen molar-refractivity contribution in [2.24, 2.45) is 0 Å². The van der Waals surface area contributed by atoms with Gasteiger partial charge in [0, 0.05) is 12.1 Å². The third-order valence-electron chi connectivity index (χ3n) is 1.61. The lowest BCUT2D eigenvalue weighted by Crippen LogP contribution is -1.99. The highest BCUT2D eigenvalue weighted by Gasteiger charge is 1.97. The van der Waals surface area contributed by atoms with Gasteiger partial charge in [0.2, 0.25) is 0 Å². The molecular weight excluding hydrogens is 186 g/mol. The molecule has 0 spiro atoms. The van der Waals surface area contributed by atoms with E-state index in [0.29, 0.717) is 6.54 Å². The molecule has 13 heavy (non-hydrogen) atoms. The fourth-order valence-corrected chi connectivity index (χ4v) is 1.09. The Morgan fingerprint density at radius 1 is 1.46 bits per heavy atom. The molecule has 1 aromatic rings. The van der Waals surface area contributed by atoms with Crippen molar-refractivity contribution in [1.82, 2.24) is 0 Å². The maximum Gasteiger partial charge on any atom is 0.141 e. The Kier molecular flexibility index (Phi) is 4.19. The fourth-order valence-electron chi connectivity index (χ4n) is 1.00.